The number of hydrogen-bond donors (Lipinski definition) is 2. The second-order valence-electron chi connectivity index (χ2n) is 5.06. The first kappa shape index (κ1) is 13.6. The fourth-order valence-electron chi connectivity index (χ4n) is 2.11. The van der Waals surface area contributed by atoms with Crippen molar-refractivity contribution >= 4 is 34.2 Å². The van der Waals surface area contributed by atoms with Crippen LogP contribution in [0.4, 0.5) is 5.69 Å². The van der Waals surface area contributed by atoms with Crippen LogP contribution >= 0.6 is 22.6 Å². The summed E-state index contributed by atoms with van der Waals surface area (Å²) in [7, 11) is 0. The minimum atomic E-state index is -0.638. The monoisotopic (exact) mass is 360 g/mol. The van der Waals surface area contributed by atoms with E-state index in [1.807, 2.05) is 19.1 Å². The van der Waals surface area contributed by atoms with Crippen LogP contribution in [0.3, 0.4) is 0 Å². The standard InChI is InChI=1S/C13H17IN2O2/c1-13(18)2-4-16(5-3-13)12(17)9-6-10(14)8-11(15)7-9/h6-8,18H,2-5,15H2,1H3. The Morgan fingerprint density at radius 3 is 2.56 bits per heavy atom. The second-order valence-corrected chi connectivity index (χ2v) is 6.31. The highest BCUT2D eigenvalue weighted by Crippen LogP contribution is 2.23. The molecule has 1 saturated heterocycles. The van der Waals surface area contributed by atoms with Gasteiger partial charge in [0.05, 0.1) is 5.60 Å². The molecule has 4 nitrogen and oxygen atoms in total. The number of carbonyl (C=O) groups is 1. The minimum absolute atomic E-state index is 0.00397. The lowest BCUT2D eigenvalue weighted by molar-refractivity contribution is -0.00202. The van der Waals surface area contributed by atoms with Crippen LogP contribution in [0.15, 0.2) is 18.2 Å². The molecular weight excluding hydrogens is 343 g/mol. The van der Waals surface area contributed by atoms with E-state index in [4.69, 9.17) is 5.73 Å². The maximum atomic E-state index is 12.3. The van der Waals surface area contributed by atoms with Crippen LogP contribution < -0.4 is 5.73 Å². The second kappa shape index (κ2) is 5.05. The van der Waals surface area contributed by atoms with Gasteiger partial charge < -0.3 is 15.7 Å². The molecule has 2 rings (SSSR count). The van der Waals surface area contributed by atoms with Crippen molar-refractivity contribution in [3.05, 3.63) is 27.3 Å². The number of hydrogen-bond acceptors (Lipinski definition) is 3. The zero-order valence-corrected chi connectivity index (χ0v) is 12.5. The molecule has 0 saturated carbocycles. The third-order valence-electron chi connectivity index (χ3n) is 3.29. The van der Waals surface area contributed by atoms with Gasteiger partial charge in [-0.1, -0.05) is 0 Å². The van der Waals surface area contributed by atoms with Gasteiger partial charge in [-0.2, -0.15) is 0 Å². The Morgan fingerprint density at radius 2 is 2.00 bits per heavy atom. The molecule has 1 aromatic carbocycles. The summed E-state index contributed by atoms with van der Waals surface area (Å²) in [6.07, 6.45) is 1.25. The summed E-state index contributed by atoms with van der Waals surface area (Å²) >= 11 is 2.15. The van der Waals surface area contributed by atoms with Crippen molar-refractivity contribution in [2.24, 2.45) is 0 Å². The molecule has 1 fully saturated rings. The Hall–Kier alpha value is -0.820. The third kappa shape index (κ3) is 3.14. The SMILES string of the molecule is CC1(O)CCN(C(=O)c2cc(N)cc(I)c2)CC1. The Balaban J connectivity index is 2.12. The number of halogens is 1. The third-order valence-corrected chi connectivity index (χ3v) is 3.92. The molecule has 1 amide bonds. The maximum absolute atomic E-state index is 12.3. The fraction of sp³-hybridized carbons (Fsp3) is 0.462. The molecule has 0 aromatic heterocycles. The van der Waals surface area contributed by atoms with Crippen LogP contribution in [0, 0.1) is 3.57 Å². The van der Waals surface area contributed by atoms with Gasteiger partial charge in [-0.15, -0.1) is 0 Å². The van der Waals surface area contributed by atoms with Gasteiger partial charge in [-0.25, -0.2) is 0 Å². The van der Waals surface area contributed by atoms with Gasteiger partial charge in [-0.05, 0) is 60.6 Å². The molecule has 18 heavy (non-hydrogen) atoms. The molecule has 0 spiro atoms. The first-order valence-corrected chi connectivity index (χ1v) is 7.03. The molecule has 5 heteroatoms. The lowest BCUT2D eigenvalue weighted by Crippen LogP contribution is -2.45. The van der Waals surface area contributed by atoms with E-state index in [0.29, 0.717) is 37.2 Å². The summed E-state index contributed by atoms with van der Waals surface area (Å²) in [5, 5.41) is 9.87. The zero-order valence-electron chi connectivity index (χ0n) is 10.3. The number of rotatable bonds is 1. The fourth-order valence-corrected chi connectivity index (χ4v) is 2.80. The van der Waals surface area contributed by atoms with Gasteiger partial charge in [0.25, 0.3) is 5.91 Å². The van der Waals surface area contributed by atoms with Crippen molar-refractivity contribution in [3.8, 4) is 0 Å². The van der Waals surface area contributed by atoms with E-state index in [9.17, 15) is 9.90 Å². The quantitative estimate of drug-likeness (QED) is 0.594. The number of likely N-dealkylation sites (tertiary alicyclic amines) is 1. The number of aliphatic hydroxyl groups is 1. The van der Waals surface area contributed by atoms with Crippen LogP contribution in [-0.2, 0) is 0 Å². The molecule has 0 unspecified atom stereocenters. The topological polar surface area (TPSA) is 66.6 Å². The van der Waals surface area contributed by atoms with Crippen molar-refractivity contribution in [1.29, 1.82) is 0 Å². The highest BCUT2D eigenvalue weighted by molar-refractivity contribution is 14.1. The lowest BCUT2D eigenvalue weighted by Gasteiger charge is -2.35. The molecule has 0 radical (unpaired) electrons. The number of nitrogens with two attached hydrogens (primary N) is 1. The van der Waals surface area contributed by atoms with Crippen molar-refractivity contribution in [2.75, 3.05) is 18.8 Å². The first-order chi connectivity index (χ1) is 8.37. The van der Waals surface area contributed by atoms with Crippen LogP contribution in [0.1, 0.15) is 30.1 Å². The smallest absolute Gasteiger partial charge is 0.253 e. The number of benzene rings is 1. The van der Waals surface area contributed by atoms with E-state index in [1.54, 1.807) is 11.0 Å². The maximum Gasteiger partial charge on any atom is 0.253 e. The summed E-state index contributed by atoms with van der Waals surface area (Å²) < 4.78 is 0.958. The molecule has 1 aliphatic heterocycles. The average Bonchev–Trinajstić information content (AvgIpc) is 2.27. The molecule has 1 aliphatic rings. The van der Waals surface area contributed by atoms with E-state index in [-0.39, 0.29) is 5.91 Å². The van der Waals surface area contributed by atoms with Crippen molar-refractivity contribution in [1.82, 2.24) is 4.90 Å². The molecule has 98 valence electrons. The molecule has 3 N–H and O–H groups in total. The van der Waals surface area contributed by atoms with Crippen molar-refractivity contribution < 1.29 is 9.90 Å². The summed E-state index contributed by atoms with van der Waals surface area (Å²) in [4.78, 5) is 14.1. The Labute approximate surface area is 120 Å². The highest BCUT2D eigenvalue weighted by atomic mass is 127. The molecular formula is C13H17IN2O2. The van der Waals surface area contributed by atoms with Gasteiger partial charge in [0, 0.05) is 27.9 Å². The summed E-state index contributed by atoms with van der Waals surface area (Å²) in [5.74, 6) is -0.00397. The van der Waals surface area contributed by atoms with Crippen molar-refractivity contribution in [3.63, 3.8) is 0 Å². The molecule has 0 bridgehead atoms. The van der Waals surface area contributed by atoms with E-state index in [0.717, 1.165) is 3.57 Å². The predicted molar refractivity (Wildman–Crippen MR) is 79.3 cm³/mol. The number of carbonyl (C=O) groups excluding carboxylic acids is 1. The molecule has 0 atom stereocenters. The number of piperidine rings is 1. The number of amides is 1. The van der Waals surface area contributed by atoms with Crippen LogP contribution in [0.5, 0.6) is 0 Å². The molecule has 0 aliphatic carbocycles. The van der Waals surface area contributed by atoms with Gasteiger partial charge in [-0.3, -0.25) is 4.79 Å². The van der Waals surface area contributed by atoms with Gasteiger partial charge >= 0.3 is 0 Å². The van der Waals surface area contributed by atoms with E-state index >= 15 is 0 Å². The van der Waals surface area contributed by atoms with E-state index in [2.05, 4.69) is 22.6 Å². The van der Waals surface area contributed by atoms with Gasteiger partial charge in [0.1, 0.15) is 0 Å². The zero-order chi connectivity index (χ0) is 13.3. The lowest BCUT2D eigenvalue weighted by atomic mass is 9.93. The summed E-state index contributed by atoms with van der Waals surface area (Å²) in [6.45, 7) is 3.01. The van der Waals surface area contributed by atoms with Crippen LogP contribution in [0.25, 0.3) is 0 Å². The minimum Gasteiger partial charge on any atom is -0.399 e. The number of nitrogen functional groups attached to an aromatic ring is 1. The summed E-state index contributed by atoms with van der Waals surface area (Å²) in [6, 6.07) is 5.38. The normalized spacial score (nSPS) is 18.7. The summed E-state index contributed by atoms with van der Waals surface area (Å²) in [5.41, 5.74) is 6.35. The first-order valence-electron chi connectivity index (χ1n) is 5.95. The predicted octanol–water partition coefficient (Wildman–Crippen LogP) is 1.86. The highest BCUT2D eigenvalue weighted by Gasteiger charge is 2.30. The average molecular weight is 360 g/mol. The molecule has 1 aromatic rings. The van der Waals surface area contributed by atoms with Crippen molar-refractivity contribution in [2.45, 2.75) is 25.4 Å². The van der Waals surface area contributed by atoms with E-state index < -0.39 is 5.60 Å². The van der Waals surface area contributed by atoms with Crippen LogP contribution in [0.2, 0.25) is 0 Å². The van der Waals surface area contributed by atoms with Gasteiger partial charge in [0.15, 0.2) is 0 Å². The Kier molecular flexibility index (Phi) is 3.82. The molecule has 1 heterocycles. The largest absolute Gasteiger partial charge is 0.399 e. The van der Waals surface area contributed by atoms with E-state index in [1.165, 1.54) is 0 Å². The number of anilines is 1. The van der Waals surface area contributed by atoms with Gasteiger partial charge in [0.2, 0.25) is 0 Å². The number of nitrogens with zero attached hydrogens (tertiary/aromatic N) is 1. The Bertz CT molecular complexity index is 444. The Morgan fingerprint density at radius 1 is 1.39 bits per heavy atom. The van der Waals surface area contributed by atoms with Crippen LogP contribution in [-0.4, -0.2) is 34.6 Å².